The van der Waals surface area contributed by atoms with Crippen LogP contribution in [0.25, 0.3) is 0 Å². The zero-order valence-corrected chi connectivity index (χ0v) is 7.64. The third-order valence-corrected chi connectivity index (χ3v) is 1.45. The molecule has 0 unspecified atom stereocenters. The van der Waals surface area contributed by atoms with Crippen molar-refractivity contribution in [1.82, 2.24) is 5.32 Å². The van der Waals surface area contributed by atoms with E-state index in [-0.39, 0.29) is 0 Å². The maximum atomic E-state index is 10.1. The molecule has 4 nitrogen and oxygen atoms in total. The summed E-state index contributed by atoms with van der Waals surface area (Å²) < 4.78 is 4.55. The van der Waals surface area contributed by atoms with E-state index in [2.05, 4.69) is 17.0 Å². The van der Waals surface area contributed by atoms with Crippen molar-refractivity contribution in [2.75, 3.05) is 19.7 Å². The normalized spacial score (nSPS) is 9.75. The van der Waals surface area contributed by atoms with Crippen LogP contribution in [-0.4, -0.2) is 25.8 Å². The van der Waals surface area contributed by atoms with Crippen LogP contribution in [0.5, 0.6) is 0 Å². The van der Waals surface area contributed by atoms with Gasteiger partial charge in [-0.15, -0.1) is 0 Å². The molecule has 3 N–H and O–H groups in total. The molecule has 12 heavy (non-hydrogen) atoms. The third-order valence-electron chi connectivity index (χ3n) is 1.45. The fraction of sp³-hybridized carbons (Fsp3) is 0.875. The van der Waals surface area contributed by atoms with Gasteiger partial charge in [0.25, 0.3) is 0 Å². The summed E-state index contributed by atoms with van der Waals surface area (Å²) in [7, 11) is 0. The van der Waals surface area contributed by atoms with Gasteiger partial charge in [-0.25, -0.2) is 4.79 Å². The number of unbranched alkanes of at least 4 members (excludes halogenated alkanes) is 1. The smallest absolute Gasteiger partial charge is 0.404 e. The fourth-order valence-corrected chi connectivity index (χ4v) is 0.797. The molecule has 0 aliphatic carbocycles. The minimum atomic E-state index is -0.691. The number of primary amides is 1. The van der Waals surface area contributed by atoms with Gasteiger partial charge in [-0.3, -0.25) is 0 Å². The second-order valence-corrected chi connectivity index (χ2v) is 2.62. The molecule has 0 saturated heterocycles. The molecule has 0 aliphatic rings. The van der Waals surface area contributed by atoms with E-state index in [1.165, 1.54) is 12.8 Å². The Hall–Kier alpha value is -0.770. The minimum Gasteiger partial charge on any atom is -0.450 e. The molecule has 0 aromatic carbocycles. The van der Waals surface area contributed by atoms with Gasteiger partial charge in [0.15, 0.2) is 0 Å². The lowest BCUT2D eigenvalue weighted by Crippen LogP contribution is -2.20. The van der Waals surface area contributed by atoms with Crippen LogP contribution in [-0.2, 0) is 4.74 Å². The molecule has 0 radical (unpaired) electrons. The lowest BCUT2D eigenvalue weighted by molar-refractivity contribution is 0.155. The van der Waals surface area contributed by atoms with Gasteiger partial charge in [-0.2, -0.15) is 0 Å². The van der Waals surface area contributed by atoms with E-state index in [4.69, 9.17) is 5.73 Å². The van der Waals surface area contributed by atoms with Crippen molar-refractivity contribution in [3.63, 3.8) is 0 Å². The van der Waals surface area contributed by atoms with Crippen LogP contribution >= 0.6 is 0 Å². The number of carbonyl (C=O) groups excluding carboxylic acids is 1. The number of carbonyl (C=O) groups is 1. The first kappa shape index (κ1) is 11.2. The van der Waals surface area contributed by atoms with Gasteiger partial charge in [-0.05, 0) is 25.9 Å². The molecule has 4 heteroatoms. The summed E-state index contributed by atoms with van der Waals surface area (Å²) in [6.45, 7) is 4.48. The van der Waals surface area contributed by atoms with Gasteiger partial charge in [0.2, 0.25) is 0 Å². The van der Waals surface area contributed by atoms with Gasteiger partial charge in [0.1, 0.15) is 0 Å². The monoisotopic (exact) mass is 174 g/mol. The minimum absolute atomic E-state index is 0.411. The highest BCUT2D eigenvalue weighted by Crippen LogP contribution is 1.84. The highest BCUT2D eigenvalue weighted by atomic mass is 16.5. The number of ether oxygens (including phenoxy) is 1. The number of rotatable bonds is 7. The Labute approximate surface area is 73.5 Å². The van der Waals surface area contributed by atoms with E-state index < -0.39 is 6.09 Å². The molecule has 0 bridgehead atoms. The summed E-state index contributed by atoms with van der Waals surface area (Å²) in [6, 6.07) is 0. The van der Waals surface area contributed by atoms with E-state index in [1.54, 1.807) is 0 Å². The summed E-state index contributed by atoms with van der Waals surface area (Å²) in [4.78, 5) is 10.1. The Morgan fingerprint density at radius 2 is 2.08 bits per heavy atom. The van der Waals surface area contributed by atoms with Crippen molar-refractivity contribution >= 4 is 6.09 Å². The molecule has 0 aliphatic heterocycles. The Balaban J connectivity index is 2.86. The highest BCUT2D eigenvalue weighted by Gasteiger charge is 1.92. The quantitative estimate of drug-likeness (QED) is 0.563. The second kappa shape index (κ2) is 8.33. The zero-order chi connectivity index (χ0) is 9.23. The zero-order valence-electron chi connectivity index (χ0n) is 7.64. The van der Waals surface area contributed by atoms with Crippen LogP contribution in [0, 0.1) is 0 Å². The Bertz CT molecular complexity index is 118. The number of nitrogens with two attached hydrogens (primary N) is 1. The average molecular weight is 174 g/mol. The molecule has 0 rings (SSSR count). The number of amides is 1. The van der Waals surface area contributed by atoms with E-state index in [9.17, 15) is 4.79 Å². The molecule has 0 atom stereocenters. The van der Waals surface area contributed by atoms with E-state index in [0.29, 0.717) is 6.61 Å². The molecule has 0 aromatic rings. The van der Waals surface area contributed by atoms with Crippen LogP contribution in [0.2, 0.25) is 0 Å². The molecule has 0 saturated carbocycles. The topological polar surface area (TPSA) is 64.3 Å². The fourth-order valence-electron chi connectivity index (χ4n) is 0.797. The van der Waals surface area contributed by atoms with Gasteiger partial charge in [0.05, 0.1) is 6.61 Å². The van der Waals surface area contributed by atoms with Gasteiger partial charge in [0, 0.05) is 0 Å². The summed E-state index contributed by atoms with van der Waals surface area (Å²) in [5.41, 5.74) is 4.77. The van der Waals surface area contributed by atoms with Gasteiger partial charge < -0.3 is 15.8 Å². The average Bonchev–Trinajstić information content (AvgIpc) is 2.02. The molecule has 0 heterocycles. The van der Waals surface area contributed by atoms with Crippen molar-refractivity contribution in [1.29, 1.82) is 0 Å². The highest BCUT2D eigenvalue weighted by molar-refractivity contribution is 5.64. The number of nitrogens with one attached hydrogen (secondary N) is 1. The summed E-state index contributed by atoms with van der Waals surface area (Å²) in [5, 5.41) is 3.23. The molecule has 1 amide bonds. The molecule has 0 spiro atoms. The van der Waals surface area contributed by atoms with Crippen LogP contribution in [0.15, 0.2) is 0 Å². The molecule has 0 fully saturated rings. The lowest BCUT2D eigenvalue weighted by atomic mass is 10.3. The van der Waals surface area contributed by atoms with Crippen LogP contribution in [0.1, 0.15) is 26.2 Å². The standard InChI is InChI=1S/C8H18N2O2/c1-2-3-5-10-6-4-7-12-8(9)11/h10H,2-7H2,1H3,(H2,9,11). The van der Waals surface area contributed by atoms with Crippen molar-refractivity contribution in [3.8, 4) is 0 Å². The predicted octanol–water partition coefficient (Wildman–Crippen LogP) is 0.862. The molecular weight excluding hydrogens is 156 g/mol. The van der Waals surface area contributed by atoms with Crippen molar-refractivity contribution in [2.24, 2.45) is 5.73 Å². The predicted molar refractivity (Wildman–Crippen MR) is 47.9 cm³/mol. The first-order valence-corrected chi connectivity index (χ1v) is 4.40. The van der Waals surface area contributed by atoms with E-state index in [0.717, 1.165) is 19.5 Å². The Morgan fingerprint density at radius 3 is 2.67 bits per heavy atom. The Kier molecular flexibility index (Phi) is 7.79. The third kappa shape index (κ3) is 9.23. The van der Waals surface area contributed by atoms with Crippen molar-refractivity contribution in [2.45, 2.75) is 26.2 Å². The second-order valence-electron chi connectivity index (χ2n) is 2.62. The van der Waals surface area contributed by atoms with Gasteiger partial charge in [-0.1, -0.05) is 13.3 Å². The largest absolute Gasteiger partial charge is 0.450 e. The maximum Gasteiger partial charge on any atom is 0.404 e. The van der Waals surface area contributed by atoms with Crippen LogP contribution < -0.4 is 11.1 Å². The van der Waals surface area contributed by atoms with Crippen molar-refractivity contribution < 1.29 is 9.53 Å². The molecule has 0 aromatic heterocycles. The summed E-state index contributed by atoms with van der Waals surface area (Å²) >= 11 is 0. The maximum absolute atomic E-state index is 10.1. The lowest BCUT2D eigenvalue weighted by Gasteiger charge is -2.03. The molecule has 72 valence electrons. The van der Waals surface area contributed by atoms with E-state index in [1.807, 2.05) is 0 Å². The molecular formula is C8H18N2O2. The SMILES string of the molecule is CCCCNCCCOC(N)=O. The summed E-state index contributed by atoms with van der Waals surface area (Å²) in [5.74, 6) is 0. The van der Waals surface area contributed by atoms with Crippen LogP contribution in [0.3, 0.4) is 0 Å². The first-order valence-electron chi connectivity index (χ1n) is 4.40. The van der Waals surface area contributed by atoms with Gasteiger partial charge >= 0.3 is 6.09 Å². The summed E-state index contributed by atoms with van der Waals surface area (Å²) in [6.07, 6.45) is 2.53. The number of hydrogen-bond donors (Lipinski definition) is 2. The van der Waals surface area contributed by atoms with Crippen LogP contribution in [0.4, 0.5) is 4.79 Å². The Morgan fingerprint density at radius 1 is 1.42 bits per heavy atom. The van der Waals surface area contributed by atoms with E-state index >= 15 is 0 Å². The van der Waals surface area contributed by atoms with Crippen molar-refractivity contribution in [3.05, 3.63) is 0 Å². The first-order chi connectivity index (χ1) is 5.77. The number of hydrogen-bond acceptors (Lipinski definition) is 3.